The summed E-state index contributed by atoms with van der Waals surface area (Å²) in [5, 5.41) is 0.0522. The van der Waals surface area contributed by atoms with Gasteiger partial charge in [0.15, 0.2) is 5.03 Å². The molecule has 1 aliphatic heterocycles. The van der Waals surface area contributed by atoms with Gasteiger partial charge < -0.3 is 4.57 Å². The van der Waals surface area contributed by atoms with E-state index in [9.17, 15) is 8.42 Å². The molecular weight excluding hydrogens is 224 g/mol. The van der Waals surface area contributed by atoms with Gasteiger partial charge in [0.2, 0.25) is 0 Å². The van der Waals surface area contributed by atoms with Gasteiger partial charge in [-0.1, -0.05) is 0 Å². The van der Waals surface area contributed by atoms with Gasteiger partial charge in [0.1, 0.15) is 5.82 Å². The van der Waals surface area contributed by atoms with Gasteiger partial charge in [0.05, 0.1) is 5.69 Å². The molecule has 0 amide bonds. The van der Waals surface area contributed by atoms with Crippen LogP contribution in [0.4, 0.5) is 0 Å². The molecular formula is C8H11ClN2O2S. The number of rotatable bonds is 1. The van der Waals surface area contributed by atoms with Gasteiger partial charge in [-0.3, -0.25) is 0 Å². The van der Waals surface area contributed by atoms with E-state index in [1.165, 1.54) is 0 Å². The number of hydrogen-bond donors (Lipinski definition) is 0. The monoisotopic (exact) mass is 234 g/mol. The van der Waals surface area contributed by atoms with Crippen LogP contribution >= 0.6 is 10.7 Å². The first-order valence-corrected chi connectivity index (χ1v) is 6.82. The van der Waals surface area contributed by atoms with Crippen LogP contribution in [-0.4, -0.2) is 18.0 Å². The van der Waals surface area contributed by atoms with Crippen LogP contribution in [0.5, 0.6) is 0 Å². The predicted molar refractivity (Wildman–Crippen MR) is 52.9 cm³/mol. The predicted octanol–water partition coefficient (Wildman–Crippen LogP) is 1.46. The minimum absolute atomic E-state index is 0.0522. The Morgan fingerprint density at radius 2 is 2.14 bits per heavy atom. The Morgan fingerprint density at radius 3 is 2.79 bits per heavy atom. The van der Waals surface area contributed by atoms with Crippen LogP contribution < -0.4 is 0 Å². The minimum Gasteiger partial charge on any atom is -0.331 e. The van der Waals surface area contributed by atoms with E-state index in [2.05, 4.69) is 4.98 Å². The second kappa shape index (κ2) is 3.24. The molecule has 2 heterocycles. The molecule has 0 radical (unpaired) electrons. The maximum Gasteiger partial charge on any atom is 0.280 e. The van der Waals surface area contributed by atoms with Gasteiger partial charge in [-0.05, 0) is 26.2 Å². The van der Waals surface area contributed by atoms with E-state index in [4.69, 9.17) is 10.7 Å². The Bertz CT molecular complexity index is 464. The largest absolute Gasteiger partial charge is 0.331 e. The van der Waals surface area contributed by atoms with Crippen molar-refractivity contribution in [3.8, 4) is 0 Å². The van der Waals surface area contributed by atoms with Gasteiger partial charge in [0, 0.05) is 17.2 Å². The molecule has 14 heavy (non-hydrogen) atoms. The second-order valence-corrected chi connectivity index (χ2v) is 5.94. The first kappa shape index (κ1) is 9.98. The summed E-state index contributed by atoms with van der Waals surface area (Å²) in [7, 11) is 1.62. The van der Waals surface area contributed by atoms with E-state index in [0.717, 1.165) is 37.3 Å². The van der Waals surface area contributed by atoms with Crippen molar-refractivity contribution in [2.24, 2.45) is 0 Å². The second-order valence-electron chi connectivity index (χ2n) is 3.46. The van der Waals surface area contributed by atoms with Crippen LogP contribution in [0.1, 0.15) is 24.4 Å². The van der Waals surface area contributed by atoms with Crippen molar-refractivity contribution in [2.75, 3.05) is 0 Å². The van der Waals surface area contributed by atoms with E-state index in [1.54, 1.807) is 6.92 Å². The normalized spacial score (nSPS) is 16.7. The summed E-state index contributed by atoms with van der Waals surface area (Å²) < 4.78 is 24.4. The Hall–Kier alpha value is -0.550. The van der Waals surface area contributed by atoms with Gasteiger partial charge in [-0.25, -0.2) is 13.4 Å². The summed E-state index contributed by atoms with van der Waals surface area (Å²) in [4.78, 5) is 4.01. The molecule has 1 aliphatic rings. The molecule has 0 fully saturated rings. The van der Waals surface area contributed by atoms with E-state index in [-0.39, 0.29) is 5.03 Å². The molecule has 0 aromatic carbocycles. The molecule has 0 atom stereocenters. The number of nitrogens with zero attached hydrogens (tertiary/aromatic N) is 2. The lowest BCUT2D eigenvalue weighted by Gasteiger charge is -2.15. The SMILES string of the molecule is Cc1nc(S(=O)(=O)Cl)c2n1CCCC2. The highest BCUT2D eigenvalue weighted by molar-refractivity contribution is 8.13. The van der Waals surface area contributed by atoms with Gasteiger partial charge in [-0.15, -0.1) is 0 Å². The number of halogens is 1. The number of aromatic nitrogens is 2. The summed E-state index contributed by atoms with van der Waals surface area (Å²) in [6.07, 6.45) is 2.83. The highest BCUT2D eigenvalue weighted by Crippen LogP contribution is 2.25. The van der Waals surface area contributed by atoms with Crippen molar-refractivity contribution < 1.29 is 8.42 Å². The third kappa shape index (κ3) is 1.54. The maximum absolute atomic E-state index is 11.2. The highest BCUT2D eigenvalue weighted by atomic mass is 35.7. The molecule has 0 bridgehead atoms. The molecule has 4 nitrogen and oxygen atoms in total. The molecule has 1 aromatic rings. The fourth-order valence-electron chi connectivity index (χ4n) is 1.88. The van der Waals surface area contributed by atoms with E-state index in [0.29, 0.717) is 0 Å². The Morgan fingerprint density at radius 1 is 1.43 bits per heavy atom. The zero-order valence-corrected chi connectivity index (χ0v) is 9.40. The smallest absolute Gasteiger partial charge is 0.280 e. The fraction of sp³-hybridized carbons (Fsp3) is 0.625. The Kier molecular flexibility index (Phi) is 2.31. The summed E-state index contributed by atoms with van der Waals surface area (Å²) in [5.74, 6) is 0.735. The zero-order chi connectivity index (χ0) is 10.3. The van der Waals surface area contributed by atoms with Crippen LogP contribution in [0.3, 0.4) is 0 Å². The molecule has 0 aliphatic carbocycles. The van der Waals surface area contributed by atoms with Gasteiger partial charge in [0.25, 0.3) is 9.05 Å². The lowest BCUT2D eigenvalue weighted by Crippen LogP contribution is -2.12. The van der Waals surface area contributed by atoms with Crippen molar-refractivity contribution in [2.45, 2.75) is 37.8 Å². The van der Waals surface area contributed by atoms with Crippen molar-refractivity contribution in [1.29, 1.82) is 0 Å². The first-order chi connectivity index (χ1) is 6.50. The number of hydrogen-bond acceptors (Lipinski definition) is 3. The molecule has 0 unspecified atom stereocenters. The zero-order valence-electron chi connectivity index (χ0n) is 7.83. The summed E-state index contributed by atoms with van der Waals surface area (Å²) >= 11 is 0. The number of fused-ring (bicyclic) bond motifs is 1. The van der Waals surface area contributed by atoms with E-state index < -0.39 is 9.05 Å². The van der Waals surface area contributed by atoms with Crippen LogP contribution in [0.25, 0.3) is 0 Å². The number of imidazole rings is 1. The maximum atomic E-state index is 11.2. The van der Waals surface area contributed by atoms with Crippen LogP contribution in [0, 0.1) is 6.92 Å². The third-order valence-corrected chi connectivity index (χ3v) is 3.73. The fourth-order valence-corrected chi connectivity index (χ4v) is 2.98. The summed E-state index contributed by atoms with van der Waals surface area (Å²) in [6, 6.07) is 0. The molecule has 2 rings (SSSR count). The Balaban J connectivity index is 2.64. The van der Waals surface area contributed by atoms with Crippen molar-refractivity contribution in [3.63, 3.8) is 0 Å². The standard InChI is InChI=1S/C8H11ClN2O2S/c1-6-10-8(14(9,12)13)7-4-2-3-5-11(6)7/h2-5H2,1H3. The summed E-state index contributed by atoms with van der Waals surface area (Å²) in [6.45, 7) is 2.65. The molecule has 78 valence electrons. The molecule has 1 aromatic heterocycles. The van der Waals surface area contributed by atoms with E-state index in [1.807, 2.05) is 4.57 Å². The molecule has 0 saturated carbocycles. The molecule has 6 heteroatoms. The third-order valence-electron chi connectivity index (χ3n) is 2.50. The van der Waals surface area contributed by atoms with Gasteiger partial charge >= 0.3 is 0 Å². The van der Waals surface area contributed by atoms with Crippen molar-refractivity contribution in [1.82, 2.24) is 9.55 Å². The minimum atomic E-state index is -3.68. The average molecular weight is 235 g/mol. The lowest BCUT2D eigenvalue weighted by molar-refractivity contribution is 0.516. The molecule has 0 N–H and O–H groups in total. The molecule has 0 spiro atoms. The molecule has 0 saturated heterocycles. The van der Waals surface area contributed by atoms with E-state index >= 15 is 0 Å². The van der Waals surface area contributed by atoms with Gasteiger partial charge in [-0.2, -0.15) is 0 Å². The van der Waals surface area contributed by atoms with Crippen LogP contribution in [-0.2, 0) is 22.0 Å². The Labute approximate surface area is 87.3 Å². The average Bonchev–Trinajstić information content (AvgIpc) is 2.44. The number of aryl methyl sites for hydroxylation is 1. The lowest BCUT2D eigenvalue weighted by atomic mass is 10.1. The summed E-state index contributed by atoms with van der Waals surface area (Å²) in [5.41, 5.74) is 0.767. The first-order valence-electron chi connectivity index (χ1n) is 4.51. The highest BCUT2D eigenvalue weighted by Gasteiger charge is 2.25. The quantitative estimate of drug-likeness (QED) is 0.692. The topological polar surface area (TPSA) is 52.0 Å². The van der Waals surface area contributed by atoms with Crippen LogP contribution in [0.15, 0.2) is 5.03 Å². The van der Waals surface area contributed by atoms with Crippen molar-refractivity contribution >= 4 is 19.7 Å². The van der Waals surface area contributed by atoms with Crippen LogP contribution in [0.2, 0.25) is 0 Å². The van der Waals surface area contributed by atoms with Crippen molar-refractivity contribution in [3.05, 3.63) is 11.5 Å².